The number of nitrogen functional groups attached to an aromatic ring is 1. The third-order valence-corrected chi connectivity index (χ3v) is 2.33. The van der Waals surface area contributed by atoms with Gasteiger partial charge in [0, 0.05) is 16.7 Å². The third-order valence-electron chi connectivity index (χ3n) is 1.64. The van der Waals surface area contributed by atoms with Crippen molar-refractivity contribution in [3.63, 3.8) is 0 Å². The van der Waals surface area contributed by atoms with E-state index in [2.05, 4.69) is 28.2 Å². The molecule has 0 radical (unpaired) electrons. The monoisotopic (exact) mass is 228 g/mol. The minimum absolute atomic E-state index is 0.787. The molecular weight excluding hydrogens is 216 g/mol. The molecule has 0 aliphatic rings. The van der Waals surface area contributed by atoms with Crippen molar-refractivity contribution >= 4 is 21.6 Å². The van der Waals surface area contributed by atoms with Crippen LogP contribution in [0.15, 0.2) is 22.7 Å². The van der Waals surface area contributed by atoms with E-state index in [0.29, 0.717) is 0 Å². The second-order valence-corrected chi connectivity index (χ2v) is 3.49. The van der Waals surface area contributed by atoms with Crippen molar-refractivity contribution in [1.29, 1.82) is 0 Å². The van der Waals surface area contributed by atoms with E-state index in [4.69, 9.17) is 5.73 Å². The molecule has 2 nitrogen and oxygen atoms in total. The smallest absolute Gasteiger partial charge is 0.0458 e. The molecule has 0 saturated carbocycles. The van der Waals surface area contributed by atoms with Crippen LogP contribution in [0.4, 0.5) is 5.69 Å². The summed E-state index contributed by atoms with van der Waals surface area (Å²) in [6, 6.07) is 5.98. The van der Waals surface area contributed by atoms with Crippen LogP contribution in [0.3, 0.4) is 0 Å². The van der Waals surface area contributed by atoms with Gasteiger partial charge in [0.2, 0.25) is 0 Å². The summed E-state index contributed by atoms with van der Waals surface area (Å²) < 4.78 is 0.970. The number of halogens is 1. The van der Waals surface area contributed by atoms with Crippen molar-refractivity contribution in [3.05, 3.63) is 28.2 Å². The predicted octanol–water partition coefficient (Wildman–Crippen LogP) is 2.14. The van der Waals surface area contributed by atoms with E-state index >= 15 is 0 Å². The normalized spacial score (nSPS) is 10.2. The number of rotatable bonds is 3. The lowest BCUT2D eigenvalue weighted by molar-refractivity contribution is 0.726. The lowest BCUT2D eigenvalue weighted by Crippen LogP contribution is -2.11. The zero-order chi connectivity index (χ0) is 8.97. The molecule has 0 aromatic heterocycles. The molecule has 1 aromatic carbocycles. The van der Waals surface area contributed by atoms with E-state index in [-0.39, 0.29) is 0 Å². The Morgan fingerprint density at radius 2 is 2.25 bits per heavy atom. The first kappa shape index (κ1) is 9.55. The number of nitrogens with two attached hydrogens (primary N) is 1. The molecule has 0 saturated heterocycles. The fraction of sp³-hybridized carbons (Fsp3) is 0.333. The second kappa shape index (κ2) is 4.48. The van der Waals surface area contributed by atoms with Gasteiger partial charge in [-0.05, 0) is 40.2 Å². The molecule has 0 unspecified atom stereocenters. The van der Waals surface area contributed by atoms with Gasteiger partial charge in [-0.1, -0.05) is 13.0 Å². The maximum Gasteiger partial charge on any atom is 0.0458 e. The van der Waals surface area contributed by atoms with Gasteiger partial charge in [-0.25, -0.2) is 0 Å². The Balaban J connectivity index is 2.69. The predicted molar refractivity (Wildman–Crippen MR) is 55.9 cm³/mol. The minimum Gasteiger partial charge on any atom is -0.398 e. The van der Waals surface area contributed by atoms with Gasteiger partial charge in [-0.15, -0.1) is 0 Å². The first-order valence-corrected chi connectivity index (χ1v) is 4.78. The van der Waals surface area contributed by atoms with Crippen molar-refractivity contribution < 1.29 is 0 Å². The molecule has 0 atom stereocenters. The maximum absolute atomic E-state index is 5.65. The highest BCUT2D eigenvalue weighted by molar-refractivity contribution is 9.10. The molecule has 0 bridgehead atoms. The van der Waals surface area contributed by atoms with Crippen LogP contribution in [0.5, 0.6) is 0 Å². The molecule has 3 heteroatoms. The van der Waals surface area contributed by atoms with Gasteiger partial charge in [-0.2, -0.15) is 0 Å². The fourth-order valence-electron chi connectivity index (χ4n) is 0.950. The van der Waals surface area contributed by atoms with Crippen LogP contribution in [0.1, 0.15) is 12.5 Å². The summed E-state index contributed by atoms with van der Waals surface area (Å²) in [5, 5.41) is 3.25. The largest absolute Gasteiger partial charge is 0.398 e. The van der Waals surface area contributed by atoms with Crippen LogP contribution in [0, 0.1) is 0 Å². The number of hydrogen-bond donors (Lipinski definition) is 2. The topological polar surface area (TPSA) is 38.0 Å². The maximum atomic E-state index is 5.65. The SMILES string of the molecule is CCNCc1ccc(N)c(Br)c1. The Labute approximate surface area is 81.3 Å². The van der Waals surface area contributed by atoms with E-state index in [9.17, 15) is 0 Å². The van der Waals surface area contributed by atoms with Crippen LogP contribution in [-0.4, -0.2) is 6.54 Å². The molecule has 0 aliphatic carbocycles. The lowest BCUT2D eigenvalue weighted by Gasteiger charge is -2.03. The van der Waals surface area contributed by atoms with Crippen molar-refractivity contribution in [2.75, 3.05) is 12.3 Å². The van der Waals surface area contributed by atoms with Gasteiger partial charge in [0.25, 0.3) is 0 Å². The van der Waals surface area contributed by atoms with Gasteiger partial charge >= 0.3 is 0 Å². The summed E-state index contributed by atoms with van der Waals surface area (Å²) in [4.78, 5) is 0. The van der Waals surface area contributed by atoms with Gasteiger partial charge < -0.3 is 11.1 Å². The van der Waals surface area contributed by atoms with Gasteiger partial charge in [0.15, 0.2) is 0 Å². The summed E-state index contributed by atoms with van der Waals surface area (Å²) >= 11 is 3.39. The summed E-state index contributed by atoms with van der Waals surface area (Å²) in [6.07, 6.45) is 0. The number of anilines is 1. The Morgan fingerprint density at radius 1 is 1.50 bits per heavy atom. The summed E-state index contributed by atoms with van der Waals surface area (Å²) in [5.41, 5.74) is 7.69. The Hall–Kier alpha value is -0.540. The quantitative estimate of drug-likeness (QED) is 0.779. The molecule has 0 aliphatic heterocycles. The van der Waals surface area contributed by atoms with Crippen LogP contribution in [-0.2, 0) is 6.54 Å². The molecule has 3 N–H and O–H groups in total. The van der Waals surface area contributed by atoms with Crippen molar-refractivity contribution in [1.82, 2.24) is 5.32 Å². The minimum atomic E-state index is 0.787. The molecule has 0 amide bonds. The molecule has 0 spiro atoms. The molecular formula is C9H13BrN2. The van der Waals surface area contributed by atoms with Gasteiger partial charge in [-0.3, -0.25) is 0 Å². The first-order chi connectivity index (χ1) is 5.74. The number of benzene rings is 1. The lowest BCUT2D eigenvalue weighted by atomic mass is 10.2. The highest BCUT2D eigenvalue weighted by Crippen LogP contribution is 2.20. The average Bonchev–Trinajstić information content (AvgIpc) is 2.07. The summed E-state index contributed by atoms with van der Waals surface area (Å²) in [5.74, 6) is 0. The van der Waals surface area contributed by atoms with Crippen LogP contribution in [0.2, 0.25) is 0 Å². The van der Waals surface area contributed by atoms with E-state index in [1.54, 1.807) is 0 Å². The molecule has 66 valence electrons. The fourth-order valence-corrected chi connectivity index (χ4v) is 1.38. The second-order valence-electron chi connectivity index (χ2n) is 2.64. The average molecular weight is 229 g/mol. The van der Waals surface area contributed by atoms with Crippen molar-refractivity contribution in [2.24, 2.45) is 0 Å². The Bertz CT molecular complexity index is 261. The number of nitrogens with one attached hydrogen (secondary N) is 1. The van der Waals surface area contributed by atoms with E-state index in [0.717, 1.165) is 23.2 Å². The zero-order valence-electron chi connectivity index (χ0n) is 7.10. The highest BCUT2D eigenvalue weighted by Gasteiger charge is 1.96. The van der Waals surface area contributed by atoms with Crippen molar-refractivity contribution in [3.8, 4) is 0 Å². The molecule has 0 fully saturated rings. The van der Waals surface area contributed by atoms with Crippen molar-refractivity contribution in [2.45, 2.75) is 13.5 Å². The molecule has 0 heterocycles. The number of hydrogen-bond acceptors (Lipinski definition) is 2. The molecule has 12 heavy (non-hydrogen) atoms. The zero-order valence-corrected chi connectivity index (χ0v) is 8.69. The van der Waals surface area contributed by atoms with Crippen LogP contribution >= 0.6 is 15.9 Å². The standard InChI is InChI=1S/C9H13BrN2/c1-2-12-6-7-3-4-9(11)8(10)5-7/h3-5,12H,2,6,11H2,1H3. The Kier molecular flexibility index (Phi) is 3.56. The van der Waals surface area contributed by atoms with E-state index in [1.165, 1.54) is 5.56 Å². The van der Waals surface area contributed by atoms with E-state index in [1.807, 2.05) is 18.2 Å². The van der Waals surface area contributed by atoms with Crippen LogP contribution < -0.4 is 11.1 Å². The highest BCUT2D eigenvalue weighted by atomic mass is 79.9. The summed E-state index contributed by atoms with van der Waals surface area (Å²) in [7, 11) is 0. The van der Waals surface area contributed by atoms with Crippen LogP contribution in [0.25, 0.3) is 0 Å². The van der Waals surface area contributed by atoms with E-state index < -0.39 is 0 Å². The molecule has 1 aromatic rings. The third kappa shape index (κ3) is 2.50. The first-order valence-electron chi connectivity index (χ1n) is 3.98. The Morgan fingerprint density at radius 3 is 2.83 bits per heavy atom. The summed E-state index contributed by atoms with van der Waals surface area (Å²) in [6.45, 7) is 3.98. The van der Waals surface area contributed by atoms with Gasteiger partial charge in [0.05, 0.1) is 0 Å². The van der Waals surface area contributed by atoms with Gasteiger partial charge in [0.1, 0.15) is 0 Å². The molecule has 1 rings (SSSR count).